The highest BCUT2D eigenvalue weighted by Crippen LogP contribution is 2.20. The lowest BCUT2D eigenvalue weighted by molar-refractivity contribution is 0.101. The van der Waals surface area contributed by atoms with Crippen molar-refractivity contribution in [2.45, 2.75) is 13.8 Å². The molecule has 1 aromatic carbocycles. The van der Waals surface area contributed by atoms with Crippen molar-refractivity contribution in [3.63, 3.8) is 0 Å². The number of carbonyl (C=O) groups excluding carboxylic acids is 2. The van der Waals surface area contributed by atoms with Crippen molar-refractivity contribution >= 4 is 22.9 Å². The van der Waals surface area contributed by atoms with E-state index in [0.717, 1.165) is 16.8 Å². The topological polar surface area (TPSA) is 50.6 Å². The average molecular weight is 292 g/mol. The molecule has 0 aliphatic rings. The Morgan fingerprint density at radius 2 is 1.77 bits per heavy atom. The summed E-state index contributed by atoms with van der Waals surface area (Å²) in [6, 6.07) is 14.8. The molecule has 22 heavy (non-hydrogen) atoms. The molecule has 0 fully saturated rings. The summed E-state index contributed by atoms with van der Waals surface area (Å²) < 4.78 is 1.75. The third kappa shape index (κ3) is 2.39. The lowest BCUT2D eigenvalue weighted by atomic mass is 10.1. The van der Waals surface area contributed by atoms with Crippen LogP contribution in [0.3, 0.4) is 0 Å². The molecule has 0 bridgehead atoms. The zero-order valence-corrected chi connectivity index (χ0v) is 12.5. The van der Waals surface area contributed by atoms with E-state index in [2.05, 4.69) is 5.32 Å². The number of nitrogens with one attached hydrogen (secondary N) is 1. The molecule has 2 aromatic heterocycles. The van der Waals surface area contributed by atoms with Gasteiger partial charge in [0.2, 0.25) is 0 Å². The Bertz CT molecular complexity index is 878. The third-order valence-electron chi connectivity index (χ3n) is 3.68. The molecule has 0 saturated carbocycles. The molecule has 0 atom stereocenters. The van der Waals surface area contributed by atoms with Crippen LogP contribution in [0.15, 0.2) is 54.7 Å². The second-order valence-corrected chi connectivity index (χ2v) is 5.22. The van der Waals surface area contributed by atoms with Gasteiger partial charge < -0.3 is 9.72 Å². The van der Waals surface area contributed by atoms with Gasteiger partial charge in [0.1, 0.15) is 0 Å². The Balaban J connectivity index is 2.05. The molecule has 0 aliphatic carbocycles. The van der Waals surface area contributed by atoms with Crippen LogP contribution in [0.4, 0.5) is 5.69 Å². The minimum Gasteiger partial charge on any atom is -0.322 e. The maximum atomic E-state index is 12.6. The molecule has 4 heteroatoms. The molecular weight excluding hydrogens is 276 g/mol. The zero-order chi connectivity index (χ0) is 15.7. The molecular formula is C18H16N2O2. The van der Waals surface area contributed by atoms with Crippen LogP contribution in [0.25, 0.3) is 5.52 Å². The highest BCUT2D eigenvalue weighted by atomic mass is 16.1. The number of carbonyl (C=O) groups is 2. The number of hydrogen-bond acceptors (Lipinski definition) is 2. The second-order valence-electron chi connectivity index (χ2n) is 5.22. The standard InChI is InChI=1S/C18H16N2O2/c1-12-7-3-4-8-15(12)19-18(22)14-11-17(13(2)21)20-10-6-5-9-16(14)20/h3-11H,1-2H3,(H,19,22). The molecule has 0 aliphatic heterocycles. The van der Waals surface area contributed by atoms with Crippen molar-refractivity contribution in [3.8, 4) is 0 Å². The van der Waals surface area contributed by atoms with Crippen LogP contribution in [-0.2, 0) is 0 Å². The molecule has 2 heterocycles. The fourth-order valence-electron chi connectivity index (χ4n) is 2.51. The predicted octanol–water partition coefficient (Wildman–Crippen LogP) is 3.70. The minimum absolute atomic E-state index is 0.0730. The van der Waals surface area contributed by atoms with Crippen LogP contribution in [-0.4, -0.2) is 16.1 Å². The number of anilines is 1. The number of nitrogens with zero attached hydrogens (tertiary/aromatic N) is 1. The van der Waals surface area contributed by atoms with Crippen molar-refractivity contribution < 1.29 is 9.59 Å². The first-order chi connectivity index (χ1) is 10.6. The highest BCUT2D eigenvalue weighted by Gasteiger charge is 2.17. The quantitative estimate of drug-likeness (QED) is 0.748. The lowest BCUT2D eigenvalue weighted by Gasteiger charge is -2.07. The van der Waals surface area contributed by atoms with Crippen LogP contribution in [0, 0.1) is 6.92 Å². The number of benzene rings is 1. The van der Waals surface area contributed by atoms with E-state index in [1.54, 1.807) is 16.7 Å². The first kappa shape index (κ1) is 14.1. The molecule has 4 nitrogen and oxygen atoms in total. The number of Topliss-reactive ketones (excluding diaryl/α,β-unsaturated/α-hetero) is 1. The number of para-hydroxylation sites is 1. The summed E-state index contributed by atoms with van der Waals surface area (Å²) in [7, 11) is 0. The number of pyridine rings is 1. The molecule has 1 N–H and O–H groups in total. The summed E-state index contributed by atoms with van der Waals surface area (Å²) in [5, 5.41) is 2.91. The van der Waals surface area contributed by atoms with E-state index in [4.69, 9.17) is 0 Å². The van der Waals surface area contributed by atoms with E-state index >= 15 is 0 Å². The summed E-state index contributed by atoms with van der Waals surface area (Å²) in [6.07, 6.45) is 1.79. The number of rotatable bonds is 3. The average Bonchev–Trinajstić information content (AvgIpc) is 2.89. The first-order valence-electron chi connectivity index (χ1n) is 7.06. The van der Waals surface area contributed by atoms with Gasteiger partial charge in [0, 0.05) is 18.8 Å². The van der Waals surface area contributed by atoms with Gasteiger partial charge in [-0.15, -0.1) is 0 Å². The molecule has 0 radical (unpaired) electrons. The normalized spacial score (nSPS) is 10.6. The zero-order valence-electron chi connectivity index (χ0n) is 12.5. The Labute approximate surface area is 128 Å². The molecule has 3 rings (SSSR count). The molecule has 0 unspecified atom stereocenters. The van der Waals surface area contributed by atoms with E-state index in [-0.39, 0.29) is 11.7 Å². The van der Waals surface area contributed by atoms with Crippen LogP contribution < -0.4 is 5.32 Å². The van der Waals surface area contributed by atoms with Crippen molar-refractivity contribution in [1.82, 2.24) is 4.40 Å². The van der Waals surface area contributed by atoms with Gasteiger partial charge in [-0.05, 0) is 36.8 Å². The van der Waals surface area contributed by atoms with Gasteiger partial charge in [-0.1, -0.05) is 24.3 Å². The minimum atomic E-state index is -0.217. The number of ketones is 1. The summed E-state index contributed by atoms with van der Waals surface area (Å²) in [4.78, 5) is 24.3. The molecule has 0 saturated heterocycles. The number of amides is 1. The van der Waals surface area contributed by atoms with Crippen LogP contribution in [0.1, 0.15) is 33.3 Å². The summed E-state index contributed by atoms with van der Waals surface area (Å²) in [5.41, 5.74) is 3.48. The van der Waals surface area contributed by atoms with Gasteiger partial charge in [0.15, 0.2) is 5.78 Å². The summed E-state index contributed by atoms with van der Waals surface area (Å²) >= 11 is 0. The van der Waals surface area contributed by atoms with Crippen LogP contribution >= 0.6 is 0 Å². The van der Waals surface area contributed by atoms with Gasteiger partial charge >= 0.3 is 0 Å². The Kier molecular flexibility index (Phi) is 3.51. The van der Waals surface area contributed by atoms with Gasteiger partial charge in [0.05, 0.1) is 16.8 Å². The van der Waals surface area contributed by atoms with E-state index < -0.39 is 0 Å². The fourth-order valence-corrected chi connectivity index (χ4v) is 2.51. The number of fused-ring (bicyclic) bond motifs is 1. The fraction of sp³-hybridized carbons (Fsp3) is 0.111. The summed E-state index contributed by atoms with van der Waals surface area (Å²) in [6.45, 7) is 3.44. The highest BCUT2D eigenvalue weighted by molar-refractivity contribution is 6.11. The van der Waals surface area contributed by atoms with Gasteiger partial charge in [-0.2, -0.15) is 0 Å². The van der Waals surface area contributed by atoms with Gasteiger partial charge in [0.25, 0.3) is 5.91 Å². The van der Waals surface area contributed by atoms with Gasteiger partial charge in [-0.3, -0.25) is 9.59 Å². The maximum Gasteiger partial charge on any atom is 0.257 e. The maximum absolute atomic E-state index is 12.6. The Morgan fingerprint density at radius 3 is 2.50 bits per heavy atom. The second kappa shape index (κ2) is 5.48. The Morgan fingerprint density at radius 1 is 1.05 bits per heavy atom. The summed E-state index contributed by atoms with van der Waals surface area (Å²) in [5.74, 6) is -0.290. The van der Waals surface area contributed by atoms with Crippen molar-refractivity contribution in [2.75, 3.05) is 5.32 Å². The molecule has 110 valence electrons. The number of aromatic nitrogens is 1. The smallest absolute Gasteiger partial charge is 0.257 e. The van der Waals surface area contributed by atoms with Crippen LogP contribution in [0.5, 0.6) is 0 Å². The van der Waals surface area contributed by atoms with Gasteiger partial charge in [-0.25, -0.2) is 0 Å². The largest absolute Gasteiger partial charge is 0.322 e. The third-order valence-corrected chi connectivity index (χ3v) is 3.68. The van der Waals surface area contributed by atoms with Crippen molar-refractivity contribution in [1.29, 1.82) is 0 Å². The molecule has 0 spiro atoms. The molecule has 3 aromatic rings. The number of aryl methyl sites for hydroxylation is 1. The van der Waals surface area contributed by atoms with E-state index in [0.29, 0.717) is 11.3 Å². The lowest BCUT2D eigenvalue weighted by Crippen LogP contribution is -2.12. The number of hydrogen-bond donors (Lipinski definition) is 1. The van der Waals surface area contributed by atoms with E-state index in [1.165, 1.54) is 6.92 Å². The predicted molar refractivity (Wildman–Crippen MR) is 86.5 cm³/mol. The first-order valence-corrected chi connectivity index (χ1v) is 7.06. The Hall–Kier alpha value is -2.88. The van der Waals surface area contributed by atoms with Crippen LogP contribution in [0.2, 0.25) is 0 Å². The van der Waals surface area contributed by atoms with Crippen molar-refractivity contribution in [3.05, 3.63) is 71.5 Å². The van der Waals surface area contributed by atoms with E-state index in [1.807, 2.05) is 49.4 Å². The monoisotopic (exact) mass is 292 g/mol. The van der Waals surface area contributed by atoms with Crippen molar-refractivity contribution in [2.24, 2.45) is 0 Å². The molecule has 1 amide bonds. The SMILES string of the molecule is CC(=O)c1cc(C(=O)Nc2ccccc2C)c2ccccn12. The van der Waals surface area contributed by atoms with E-state index in [9.17, 15) is 9.59 Å².